The van der Waals surface area contributed by atoms with Crippen molar-refractivity contribution in [3.63, 3.8) is 0 Å². The fourth-order valence-corrected chi connectivity index (χ4v) is 2.07. The first kappa shape index (κ1) is 15.0. The molecule has 0 saturated carbocycles. The van der Waals surface area contributed by atoms with E-state index in [1.165, 1.54) is 16.8 Å². The molecule has 0 aliphatic carbocycles. The number of aromatic nitrogens is 2. The molecule has 0 saturated heterocycles. The second-order valence-corrected chi connectivity index (χ2v) is 5.09. The molecule has 0 amide bonds. The summed E-state index contributed by atoms with van der Waals surface area (Å²) in [6, 6.07) is 17.8. The van der Waals surface area contributed by atoms with Crippen LogP contribution in [-0.4, -0.2) is 15.7 Å². The summed E-state index contributed by atoms with van der Waals surface area (Å²) in [5, 5.41) is 4.59. The topological polar surface area (TPSA) is 61.2 Å². The minimum atomic E-state index is -0.576. The van der Waals surface area contributed by atoms with Crippen LogP contribution in [0.15, 0.2) is 71.5 Å². The predicted octanol–water partition coefficient (Wildman–Crippen LogP) is 3.11. The zero-order chi connectivity index (χ0) is 16.2. The van der Waals surface area contributed by atoms with E-state index in [0.717, 1.165) is 0 Å². The molecule has 0 radical (unpaired) electrons. The van der Waals surface area contributed by atoms with E-state index >= 15 is 0 Å². The van der Waals surface area contributed by atoms with Crippen molar-refractivity contribution in [1.82, 2.24) is 9.78 Å². The Bertz CT molecular complexity index is 890. The first-order valence-electron chi connectivity index (χ1n) is 6.77. The SMILES string of the molecule is O=C(Oc1ccc(=O)n(-c2ccccc2)n1)c1ccc(Cl)cc1. The number of carbonyl (C=O) groups is 1. The smallest absolute Gasteiger partial charge is 0.344 e. The molecular weight excluding hydrogens is 316 g/mol. The Morgan fingerprint density at radius 3 is 2.35 bits per heavy atom. The summed E-state index contributed by atoms with van der Waals surface area (Å²) in [6.45, 7) is 0. The summed E-state index contributed by atoms with van der Waals surface area (Å²) in [5.74, 6) is -0.541. The van der Waals surface area contributed by atoms with Gasteiger partial charge in [0.2, 0.25) is 5.88 Å². The van der Waals surface area contributed by atoms with Crippen molar-refractivity contribution in [2.45, 2.75) is 0 Å². The van der Waals surface area contributed by atoms with E-state index in [2.05, 4.69) is 5.10 Å². The van der Waals surface area contributed by atoms with Gasteiger partial charge in [0.25, 0.3) is 5.56 Å². The lowest BCUT2D eigenvalue weighted by Crippen LogP contribution is -2.21. The van der Waals surface area contributed by atoms with Gasteiger partial charge >= 0.3 is 5.97 Å². The second-order valence-electron chi connectivity index (χ2n) is 4.65. The number of rotatable bonds is 3. The molecule has 5 nitrogen and oxygen atoms in total. The number of benzene rings is 2. The summed E-state index contributed by atoms with van der Waals surface area (Å²) < 4.78 is 6.38. The minimum Gasteiger partial charge on any atom is -0.402 e. The highest BCUT2D eigenvalue weighted by molar-refractivity contribution is 6.30. The van der Waals surface area contributed by atoms with Gasteiger partial charge in [-0.25, -0.2) is 4.79 Å². The molecule has 23 heavy (non-hydrogen) atoms. The van der Waals surface area contributed by atoms with Gasteiger partial charge < -0.3 is 4.74 Å². The molecule has 0 spiro atoms. The Hall–Kier alpha value is -2.92. The second kappa shape index (κ2) is 6.46. The molecule has 0 atom stereocenters. The number of esters is 1. The number of hydrogen-bond acceptors (Lipinski definition) is 4. The molecule has 114 valence electrons. The van der Waals surface area contributed by atoms with Crippen molar-refractivity contribution >= 4 is 17.6 Å². The third-order valence-electron chi connectivity index (χ3n) is 3.05. The van der Waals surface area contributed by atoms with Crippen LogP contribution in [0.3, 0.4) is 0 Å². The Labute approximate surface area is 136 Å². The maximum atomic E-state index is 12.1. The van der Waals surface area contributed by atoms with Crippen LogP contribution in [-0.2, 0) is 0 Å². The fraction of sp³-hybridized carbons (Fsp3) is 0. The standard InChI is InChI=1S/C17H11ClN2O3/c18-13-8-6-12(7-9-13)17(22)23-15-10-11-16(21)20(19-15)14-4-2-1-3-5-14/h1-11H. The van der Waals surface area contributed by atoms with Gasteiger partial charge in [-0.05, 0) is 36.4 Å². The van der Waals surface area contributed by atoms with Crippen molar-refractivity contribution in [3.8, 4) is 11.6 Å². The monoisotopic (exact) mass is 326 g/mol. The molecule has 1 aromatic heterocycles. The van der Waals surface area contributed by atoms with Crippen LogP contribution in [0.4, 0.5) is 0 Å². The number of nitrogens with zero attached hydrogens (tertiary/aromatic N) is 2. The highest BCUT2D eigenvalue weighted by Gasteiger charge is 2.11. The molecule has 3 aromatic rings. The average molecular weight is 327 g/mol. The van der Waals surface area contributed by atoms with E-state index in [9.17, 15) is 9.59 Å². The maximum absolute atomic E-state index is 12.1. The number of halogens is 1. The maximum Gasteiger partial charge on any atom is 0.344 e. The molecule has 0 unspecified atom stereocenters. The first-order chi connectivity index (χ1) is 11.1. The molecule has 2 aromatic carbocycles. The quantitative estimate of drug-likeness (QED) is 0.694. The van der Waals surface area contributed by atoms with Crippen LogP contribution in [0.5, 0.6) is 5.88 Å². The van der Waals surface area contributed by atoms with Crippen molar-refractivity contribution < 1.29 is 9.53 Å². The summed E-state index contributed by atoms with van der Waals surface area (Å²) >= 11 is 5.78. The molecule has 0 aliphatic heterocycles. The normalized spacial score (nSPS) is 10.3. The van der Waals surface area contributed by atoms with Gasteiger partial charge in [-0.2, -0.15) is 4.68 Å². The number of para-hydroxylation sites is 1. The Balaban J connectivity index is 1.88. The van der Waals surface area contributed by atoms with Crippen LogP contribution in [0, 0.1) is 0 Å². The van der Waals surface area contributed by atoms with E-state index in [-0.39, 0.29) is 11.4 Å². The molecule has 0 aliphatic rings. The van der Waals surface area contributed by atoms with E-state index in [4.69, 9.17) is 16.3 Å². The fourth-order valence-electron chi connectivity index (χ4n) is 1.94. The number of hydrogen-bond donors (Lipinski definition) is 0. The van der Waals surface area contributed by atoms with Crippen molar-refractivity contribution in [2.24, 2.45) is 0 Å². The van der Waals surface area contributed by atoms with Gasteiger partial charge in [-0.15, -0.1) is 5.10 Å². The van der Waals surface area contributed by atoms with Crippen LogP contribution in [0.25, 0.3) is 5.69 Å². The summed E-state index contributed by atoms with van der Waals surface area (Å²) in [4.78, 5) is 24.0. The lowest BCUT2D eigenvalue weighted by atomic mass is 10.2. The zero-order valence-electron chi connectivity index (χ0n) is 11.8. The molecular formula is C17H11ClN2O3. The Morgan fingerprint density at radius 1 is 0.957 bits per heavy atom. The van der Waals surface area contributed by atoms with Gasteiger partial charge in [0.05, 0.1) is 11.3 Å². The molecule has 3 rings (SSSR count). The van der Waals surface area contributed by atoms with Crippen molar-refractivity contribution in [1.29, 1.82) is 0 Å². The Kier molecular flexibility index (Phi) is 4.21. The molecule has 0 fully saturated rings. The highest BCUT2D eigenvalue weighted by Crippen LogP contribution is 2.13. The van der Waals surface area contributed by atoms with Crippen LogP contribution < -0.4 is 10.3 Å². The molecule has 1 heterocycles. The van der Waals surface area contributed by atoms with E-state index in [0.29, 0.717) is 16.3 Å². The van der Waals surface area contributed by atoms with Crippen LogP contribution in [0.1, 0.15) is 10.4 Å². The molecule has 0 N–H and O–H groups in total. The van der Waals surface area contributed by atoms with Gasteiger partial charge in [0, 0.05) is 17.2 Å². The third kappa shape index (κ3) is 3.46. The van der Waals surface area contributed by atoms with Crippen LogP contribution in [0.2, 0.25) is 5.02 Å². The lowest BCUT2D eigenvalue weighted by molar-refractivity contribution is 0.0724. The van der Waals surface area contributed by atoms with E-state index < -0.39 is 5.97 Å². The van der Waals surface area contributed by atoms with E-state index in [1.54, 1.807) is 48.5 Å². The van der Waals surface area contributed by atoms with Crippen LogP contribution >= 0.6 is 11.6 Å². The predicted molar refractivity (Wildman–Crippen MR) is 86.2 cm³/mol. The Morgan fingerprint density at radius 2 is 1.65 bits per heavy atom. The largest absolute Gasteiger partial charge is 0.402 e. The zero-order valence-corrected chi connectivity index (χ0v) is 12.6. The third-order valence-corrected chi connectivity index (χ3v) is 3.31. The van der Waals surface area contributed by atoms with Gasteiger partial charge in [-0.1, -0.05) is 29.8 Å². The van der Waals surface area contributed by atoms with Gasteiger partial charge in [0.1, 0.15) is 0 Å². The highest BCUT2D eigenvalue weighted by atomic mass is 35.5. The molecule has 0 bridgehead atoms. The summed E-state index contributed by atoms with van der Waals surface area (Å²) in [5.41, 5.74) is 0.609. The minimum absolute atomic E-state index is 0.0356. The van der Waals surface area contributed by atoms with Gasteiger partial charge in [0.15, 0.2) is 0 Å². The van der Waals surface area contributed by atoms with Crippen molar-refractivity contribution in [3.05, 3.63) is 87.7 Å². The lowest BCUT2D eigenvalue weighted by Gasteiger charge is -2.07. The average Bonchev–Trinajstić information content (AvgIpc) is 2.58. The van der Waals surface area contributed by atoms with Crippen molar-refractivity contribution in [2.75, 3.05) is 0 Å². The summed E-state index contributed by atoms with van der Waals surface area (Å²) in [6.07, 6.45) is 0. The first-order valence-corrected chi connectivity index (χ1v) is 7.15. The van der Waals surface area contributed by atoms with E-state index in [1.807, 2.05) is 6.07 Å². The van der Waals surface area contributed by atoms with Gasteiger partial charge in [-0.3, -0.25) is 4.79 Å². The number of carbonyl (C=O) groups excluding carboxylic acids is 1. The summed E-state index contributed by atoms with van der Waals surface area (Å²) in [7, 11) is 0. The molecule has 6 heteroatoms. The number of ether oxygens (including phenoxy) is 1.